The van der Waals surface area contributed by atoms with Gasteiger partial charge in [-0.2, -0.15) is 0 Å². The normalized spacial score (nSPS) is 0. The van der Waals surface area contributed by atoms with E-state index < -0.39 is 0 Å². The van der Waals surface area contributed by atoms with E-state index in [1.165, 1.54) is 0 Å². The Morgan fingerprint density at radius 1 is 0.0148 bits per heavy atom. The minimum Gasteiger partial charge on any atom is -2.00 e. The molecule has 135 heteroatoms. The number of hydrogen-bond acceptors (Lipinski definition) is 0. The predicted molar refractivity (Wildman–Crippen MR) is 51.5 cm³/mol. The van der Waals surface area contributed by atoms with Crippen LogP contribution in [0.1, 0.15) is 0 Å². The third-order valence-electron chi connectivity index (χ3n) is 0. The van der Waals surface area contributed by atoms with Gasteiger partial charge in [-0.1, -0.05) is 0 Å². The van der Waals surface area contributed by atoms with Gasteiger partial charge in [-0.05, 0) is 0 Å². The van der Waals surface area contributed by atoms with E-state index in [-0.39, 0.29) is 1430 Å². The molecule has 0 heterocycles. The van der Waals surface area contributed by atoms with Gasteiger partial charge in [0, 0.05) is 0 Å². The quantitative estimate of drug-likeness (QED) is 0.204. The van der Waals surface area contributed by atoms with Crippen LogP contribution in [-0.4, -0.2) is 0 Å². The summed E-state index contributed by atoms with van der Waals surface area (Å²) in [7, 11) is 0. The standard InChI is InChI=1S/60Fe.75O/q60*+3;75*-2. The molecule has 0 aromatic heterocycles. The SMILES string of the molecule is [Fe+3].[Fe+3].[Fe+3].[Fe+3].[Fe+3].[Fe+3].[Fe+3].[Fe+3].[Fe+3].[Fe+3].[Fe+3].[Fe+3].[Fe+3].[Fe+3].[Fe+3].[Fe+3].[Fe+3].[Fe+3].[Fe+3].[Fe+3].[Fe+3].[Fe+3].[Fe+3].[Fe+3].[Fe+3].[Fe+3].[Fe+3].[Fe+3].[Fe+3].[Fe+3].[Fe+3].[Fe+3].[Fe+3].[Fe+3].[Fe+3].[Fe+3].[Fe+3].[Fe+3].[Fe+3].[Fe+3].[Fe+3].[Fe+3].[Fe+3].[Fe+3].[Fe+3].[Fe+3].[Fe+3].[Fe+3].[Fe+3].[Fe+3].[Fe+3].[Fe+3].[Fe+3].[Fe+3].[Fe+3].[Fe+3].[Fe+3].[Fe+3].[Fe+3].[Fe+3].[O-2].[O-2].[O-2].[O-2].[O-2].[O-2].[O-2].[O-2].[O-2].[O-2].[O-2].[O-2].[O-2].[O-2].[O-2].[O-2].[O-2].[O-2].[O-2].[O-2].[O-2].[O-2].[O-2].[O-2].[O-2].[O-2].[O-2].[O-2].[O-2].[O-2].[O-2].[O-2].[O-2].[O-2].[O-2].[O-2].[O-2].[O-2].[O-2].[O-2].[O-2].[O-2].[O-2].[O-2].[O-2].[O-2].[O-2].[O-2].[O-2].[O-2].[O-2].[O-2].[O-2].[O-2].[O-2].[O-2].[O-2].[O-2].[O-2].[O-2].[O-2].[O-2].[O-2].[O-2].[O-2].[O-2].[O-2].[O-2].[O-2].[O-2].[O-2].[O-2].[O-2].[O-2].[O-2]. The second kappa shape index (κ2) is 5310. The minimum atomic E-state index is 0. The molecule has 0 bridgehead atoms. The molecule has 0 fully saturated rings. The summed E-state index contributed by atoms with van der Waals surface area (Å²) < 4.78 is 0. The van der Waals surface area contributed by atoms with Crippen molar-refractivity contribution in [1.82, 2.24) is 0 Å². The van der Waals surface area contributed by atoms with Crippen molar-refractivity contribution in [3.63, 3.8) is 0 Å². The summed E-state index contributed by atoms with van der Waals surface area (Å²) >= 11 is 0. The molecule has 0 saturated heterocycles. The molecule has 900 valence electrons. The zero-order chi connectivity index (χ0) is 0. The van der Waals surface area contributed by atoms with Gasteiger partial charge in [0.2, 0.25) is 0 Å². The minimum absolute atomic E-state index is 0. The Hall–Kier alpha value is 28.2. The molecule has 0 rings (SSSR count). The third-order valence-corrected chi connectivity index (χ3v) is 0. The first-order chi connectivity index (χ1) is 0. The topological polar surface area (TPSA) is 2140 Å². The van der Waals surface area contributed by atoms with Crippen molar-refractivity contribution < 1.29 is 1430 Å². The molecule has 0 saturated carbocycles. The summed E-state index contributed by atoms with van der Waals surface area (Å²) in [6.07, 6.45) is 0. The molecule has 0 amide bonds. The Morgan fingerprint density at radius 3 is 0.0148 bits per heavy atom. The van der Waals surface area contributed by atoms with Crippen LogP contribution in [0.5, 0.6) is 0 Å². The van der Waals surface area contributed by atoms with Crippen LogP contribution >= 0.6 is 0 Å². The monoisotopic (exact) mass is 4560 g/mol. The summed E-state index contributed by atoms with van der Waals surface area (Å²) in [5.41, 5.74) is 0. The zero-order valence-electron chi connectivity index (χ0n) is 51.8. The summed E-state index contributed by atoms with van der Waals surface area (Å²) in [6.45, 7) is 0. The van der Waals surface area contributed by atoms with E-state index in [9.17, 15) is 0 Å². The van der Waals surface area contributed by atoms with Gasteiger partial charge in [-0.25, -0.2) is 0 Å². The van der Waals surface area contributed by atoms with E-state index in [4.69, 9.17) is 0 Å². The van der Waals surface area contributed by atoms with Gasteiger partial charge in [0.05, 0.1) is 0 Å². The van der Waals surface area contributed by atoms with Crippen molar-refractivity contribution in [2.75, 3.05) is 0 Å². The number of hydrogen-bond donors (Lipinski definition) is 0. The molecule has 0 aliphatic heterocycles. The maximum Gasteiger partial charge on any atom is 3.00 e. The first kappa shape index (κ1) is 5410. The van der Waals surface area contributed by atoms with Gasteiger partial charge in [-0.15, -0.1) is 0 Å². The van der Waals surface area contributed by atoms with Gasteiger partial charge in [-0.3, -0.25) is 0 Å². The van der Waals surface area contributed by atoms with Crippen molar-refractivity contribution in [3.05, 3.63) is 0 Å². The van der Waals surface area contributed by atoms with Crippen LogP contribution in [0.25, 0.3) is 0 Å². The van der Waals surface area contributed by atoms with Crippen molar-refractivity contribution >= 4 is 0 Å². The molecular formula is Fe60O75+30. The first-order valence-corrected chi connectivity index (χ1v) is 0. The molecule has 0 aromatic carbocycles. The van der Waals surface area contributed by atoms with Crippen LogP contribution < -0.4 is 0 Å². The Balaban J connectivity index is 0. The van der Waals surface area contributed by atoms with Gasteiger partial charge in [0.15, 0.2) is 0 Å². The molecule has 135 heavy (non-hydrogen) atoms. The van der Waals surface area contributed by atoms with E-state index >= 15 is 0 Å². The fraction of sp³-hybridized carbons (Fsp3) is 0. The summed E-state index contributed by atoms with van der Waals surface area (Å²) in [5, 5.41) is 0. The fourth-order valence-corrected chi connectivity index (χ4v) is 0. The maximum absolute atomic E-state index is 0. The molecule has 0 aliphatic rings. The Kier molecular flexibility index (Phi) is 213000. The van der Waals surface area contributed by atoms with E-state index in [1.54, 1.807) is 0 Å². The second-order valence-corrected chi connectivity index (χ2v) is 0. The van der Waals surface area contributed by atoms with Crippen molar-refractivity contribution in [1.29, 1.82) is 0 Å². The van der Waals surface area contributed by atoms with E-state index in [0.717, 1.165) is 0 Å². The number of rotatable bonds is 0. The molecule has 0 aliphatic carbocycles. The fourth-order valence-electron chi connectivity index (χ4n) is 0. The van der Waals surface area contributed by atoms with Crippen molar-refractivity contribution in [2.24, 2.45) is 0 Å². The van der Waals surface area contributed by atoms with Crippen molar-refractivity contribution in [3.8, 4) is 0 Å². The van der Waals surface area contributed by atoms with E-state index in [1.807, 2.05) is 0 Å². The van der Waals surface area contributed by atoms with Crippen LogP contribution in [0.15, 0.2) is 0 Å². The van der Waals surface area contributed by atoms with E-state index in [0.29, 0.717) is 0 Å². The van der Waals surface area contributed by atoms with Gasteiger partial charge in [0.25, 0.3) is 0 Å². The summed E-state index contributed by atoms with van der Waals surface area (Å²) in [6, 6.07) is 0. The third kappa shape index (κ3) is 5240. The Labute approximate surface area is 1410 Å². The molecule has 0 atom stereocenters. The molecule has 0 unspecified atom stereocenters. The smallest absolute Gasteiger partial charge is 2.00 e. The predicted octanol–water partition coefficient (Wildman–Crippen LogP) is -9.06. The van der Waals surface area contributed by atoms with Crippen LogP contribution in [0, 0.1) is 0 Å². The molecule has 0 N–H and O–H groups in total. The van der Waals surface area contributed by atoms with Crippen LogP contribution in [0.2, 0.25) is 0 Å². The average Bonchev–Trinajstić information content (AvgIpc) is 0. The van der Waals surface area contributed by atoms with Gasteiger partial charge < -0.3 is 411 Å². The average molecular weight is 4550 g/mol. The molecule has 75 nitrogen and oxygen atoms in total. The molecule has 0 spiro atoms. The van der Waals surface area contributed by atoms with Crippen LogP contribution in [-0.2, 0) is 1430 Å². The summed E-state index contributed by atoms with van der Waals surface area (Å²) in [4.78, 5) is 0. The maximum atomic E-state index is 0. The van der Waals surface area contributed by atoms with E-state index in [2.05, 4.69) is 0 Å². The van der Waals surface area contributed by atoms with Gasteiger partial charge >= 0.3 is 1020 Å². The molecule has 60 radical (unpaired) electrons. The largest absolute Gasteiger partial charge is 3.00 e. The zero-order valence-corrected chi connectivity index (χ0v) is 118. The summed E-state index contributed by atoms with van der Waals surface area (Å²) in [5.74, 6) is 0. The molecular weight excluding hydrogens is 4550 g/mol. The Bertz CT molecular complexity index is 134. The molecule has 0 aromatic rings. The second-order valence-electron chi connectivity index (χ2n) is 0. The van der Waals surface area contributed by atoms with Gasteiger partial charge in [0.1, 0.15) is 0 Å². The Morgan fingerprint density at radius 2 is 0.0148 bits per heavy atom. The van der Waals surface area contributed by atoms with Crippen LogP contribution in [0.4, 0.5) is 0 Å². The van der Waals surface area contributed by atoms with Crippen LogP contribution in [0.3, 0.4) is 0 Å². The first-order valence-electron chi connectivity index (χ1n) is 0. The van der Waals surface area contributed by atoms with Crippen molar-refractivity contribution in [2.45, 2.75) is 0 Å².